The van der Waals surface area contributed by atoms with Gasteiger partial charge in [0.1, 0.15) is 19.0 Å². The minimum Gasteiger partial charge on any atom is -0.489 e. The number of alkyl halides is 1. The van der Waals surface area contributed by atoms with Crippen LogP contribution in [0, 0.1) is 0 Å². The first kappa shape index (κ1) is 11.9. The highest BCUT2D eigenvalue weighted by molar-refractivity contribution is 9.10. The fourth-order valence-electron chi connectivity index (χ4n) is 1.54. The number of nitrogens with one attached hydrogen (secondary N) is 1. The van der Waals surface area contributed by atoms with Crippen molar-refractivity contribution in [2.24, 2.45) is 0 Å². The van der Waals surface area contributed by atoms with Crippen molar-refractivity contribution in [3.63, 3.8) is 0 Å². The zero-order chi connectivity index (χ0) is 11.4. The predicted octanol–water partition coefficient (Wildman–Crippen LogP) is 3.05. The normalized spacial score (nSPS) is 15.1. The Bertz CT molecular complexity index is 355. The molecular formula is C12H15BrFNO. The topological polar surface area (TPSA) is 21.3 Å². The van der Waals surface area contributed by atoms with Crippen molar-refractivity contribution >= 4 is 15.9 Å². The third-order valence-electron chi connectivity index (χ3n) is 2.53. The molecule has 0 atom stereocenters. The quantitative estimate of drug-likeness (QED) is 0.868. The molecule has 2 rings (SSSR count). The molecule has 16 heavy (non-hydrogen) atoms. The Labute approximate surface area is 103 Å². The van der Waals surface area contributed by atoms with E-state index in [1.54, 1.807) is 0 Å². The van der Waals surface area contributed by atoms with Crippen molar-refractivity contribution < 1.29 is 9.13 Å². The minimum atomic E-state index is -0.461. The average Bonchev–Trinajstić information content (AvgIpc) is 3.09. The Kier molecular flexibility index (Phi) is 4.18. The summed E-state index contributed by atoms with van der Waals surface area (Å²) >= 11 is 3.42. The molecule has 0 amide bonds. The number of rotatable bonds is 6. The molecule has 0 heterocycles. The molecule has 1 fully saturated rings. The molecule has 0 radical (unpaired) electrons. The Morgan fingerprint density at radius 2 is 2.25 bits per heavy atom. The molecule has 0 spiro atoms. The summed E-state index contributed by atoms with van der Waals surface area (Å²) in [7, 11) is 0. The van der Waals surface area contributed by atoms with Crippen LogP contribution in [0.5, 0.6) is 5.75 Å². The Morgan fingerprint density at radius 3 is 2.94 bits per heavy atom. The maximum Gasteiger partial charge on any atom is 0.138 e. The third-order valence-corrected chi connectivity index (χ3v) is 3.16. The smallest absolute Gasteiger partial charge is 0.138 e. The number of benzene rings is 1. The fraction of sp³-hybridized carbons (Fsp3) is 0.500. The van der Waals surface area contributed by atoms with Gasteiger partial charge in [-0.3, -0.25) is 0 Å². The summed E-state index contributed by atoms with van der Waals surface area (Å²) < 4.78 is 18.4. The van der Waals surface area contributed by atoms with E-state index in [9.17, 15) is 4.39 Å². The summed E-state index contributed by atoms with van der Waals surface area (Å²) in [6.07, 6.45) is 2.52. The molecule has 1 aliphatic rings. The Hall–Kier alpha value is -0.610. The van der Waals surface area contributed by atoms with Gasteiger partial charge in [-0.15, -0.1) is 0 Å². The van der Waals surface area contributed by atoms with Crippen LogP contribution in [0.1, 0.15) is 18.4 Å². The van der Waals surface area contributed by atoms with Gasteiger partial charge in [-0.2, -0.15) is 0 Å². The van der Waals surface area contributed by atoms with Crippen molar-refractivity contribution in [3.8, 4) is 5.75 Å². The maximum atomic E-state index is 12.1. The highest BCUT2D eigenvalue weighted by Crippen LogP contribution is 2.30. The third kappa shape index (κ3) is 3.19. The van der Waals surface area contributed by atoms with Gasteiger partial charge in [-0.25, -0.2) is 4.39 Å². The van der Waals surface area contributed by atoms with Crippen molar-refractivity contribution in [2.45, 2.75) is 25.4 Å². The van der Waals surface area contributed by atoms with E-state index < -0.39 is 6.67 Å². The molecule has 88 valence electrons. The molecule has 1 aromatic rings. The van der Waals surface area contributed by atoms with Gasteiger partial charge in [0.15, 0.2) is 0 Å². The molecule has 1 aliphatic carbocycles. The lowest BCUT2D eigenvalue weighted by molar-refractivity contribution is 0.269. The first-order valence-corrected chi connectivity index (χ1v) is 6.30. The monoisotopic (exact) mass is 287 g/mol. The van der Waals surface area contributed by atoms with E-state index in [1.807, 2.05) is 18.2 Å². The van der Waals surface area contributed by atoms with E-state index in [0.717, 1.165) is 22.3 Å². The largest absolute Gasteiger partial charge is 0.489 e. The van der Waals surface area contributed by atoms with Crippen LogP contribution in [0.3, 0.4) is 0 Å². The van der Waals surface area contributed by atoms with Gasteiger partial charge in [-0.05, 0) is 34.8 Å². The SMILES string of the molecule is FCCOc1c(Br)cccc1CNC1CC1. The number of hydrogen-bond donors (Lipinski definition) is 1. The molecule has 1 saturated carbocycles. The zero-order valence-corrected chi connectivity index (χ0v) is 10.6. The first-order chi connectivity index (χ1) is 7.81. The van der Waals surface area contributed by atoms with Crippen LogP contribution in [-0.4, -0.2) is 19.3 Å². The fourth-order valence-corrected chi connectivity index (χ4v) is 2.06. The van der Waals surface area contributed by atoms with E-state index in [-0.39, 0.29) is 6.61 Å². The maximum absolute atomic E-state index is 12.1. The summed E-state index contributed by atoms with van der Waals surface area (Å²) in [5.41, 5.74) is 1.08. The molecule has 0 aliphatic heterocycles. The number of halogens is 2. The van der Waals surface area contributed by atoms with Gasteiger partial charge in [0.25, 0.3) is 0 Å². The molecule has 0 bridgehead atoms. The molecule has 0 unspecified atom stereocenters. The van der Waals surface area contributed by atoms with E-state index in [4.69, 9.17) is 4.74 Å². The lowest BCUT2D eigenvalue weighted by atomic mass is 10.2. The van der Waals surface area contributed by atoms with Crippen molar-refractivity contribution in [2.75, 3.05) is 13.3 Å². The van der Waals surface area contributed by atoms with Gasteiger partial charge in [-0.1, -0.05) is 12.1 Å². The van der Waals surface area contributed by atoms with E-state index in [2.05, 4.69) is 21.2 Å². The van der Waals surface area contributed by atoms with Crippen LogP contribution in [0.25, 0.3) is 0 Å². The van der Waals surface area contributed by atoms with Crippen molar-refractivity contribution in [1.29, 1.82) is 0 Å². The van der Waals surface area contributed by atoms with Crippen LogP contribution in [-0.2, 0) is 6.54 Å². The lowest BCUT2D eigenvalue weighted by Gasteiger charge is -2.12. The van der Waals surface area contributed by atoms with Crippen LogP contribution in [0.2, 0.25) is 0 Å². The minimum absolute atomic E-state index is 0.110. The standard InChI is InChI=1S/C12H15BrFNO/c13-11-3-1-2-9(8-15-10-4-5-10)12(11)16-7-6-14/h1-3,10,15H,4-8H2. The van der Waals surface area contributed by atoms with E-state index in [0.29, 0.717) is 6.04 Å². The second-order valence-corrected chi connectivity index (χ2v) is 4.78. The summed E-state index contributed by atoms with van der Waals surface area (Å²) in [4.78, 5) is 0. The molecule has 0 aromatic heterocycles. The van der Waals surface area contributed by atoms with Gasteiger partial charge in [0.05, 0.1) is 4.47 Å². The second-order valence-electron chi connectivity index (χ2n) is 3.92. The summed E-state index contributed by atoms with van der Waals surface area (Å²) in [6.45, 7) is 0.432. The molecule has 1 N–H and O–H groups in total. The second kappa shape index (κ2) is 5.64. The molecule has 1 aromatic carbocycles. The summed E-state index contributed by atoms with van der Waals surface area (Å²) in [6, 6.07) is 6.55. The van der Waals surface area contributed by atoms with Crippen molar-refractivity contribution in [3.05, 3.63) is 28.2 Å². The average molecular weight is 288 g/mol. The predicted molar refractivity (Wildman–Crippen MR) is 65.5 cm³/mol. The summed E-state index contributed by atoms with van der Waals surface area (Å²) in [5, 5.41) is 3.42. The summed E-state index contributed by atoms with van der Waals surface area (Å²) in [5.74, 6) is 0.758. The highest BCUT2D eigenvalue weighted by atomic mass is 79.9. The molecular weight excluding hydrogens is 273 g/mol. The van der Waals surface area contributed by atoms with E-state index >= 15 is 0 Å². The Morgan fingerprint density at radius 1 is 1.44 bits per heavy atom. The van der Waals surface area contributed by atoms with Gasteiger partial charge < -0.3 is 10.1 Å². The van der Waals surface area contributed by atoms with Gasteiger partial charge in [0, 0.05) is 18.2 Å². The molecule has 4 heteroatoms. The zero-order valence-electron chi connectivity index (χ0n) is 9.01. The number of ether oxygens (including phenoxy) is 1. The Balaban J connectivity index is 2.04. The van der Waals surface area contributed by atoms with Gasteiger partial charge >= 0.3 is 0 Å². The van der Waals surface area contributed by atoms with Crippen LogP contribution in [0.15, 0.2) is 22.7 Å². The molecule has 2 nitrogen and oxygen atoms in total. The molecule has 0 saturated heterocycles. The van der Waals surface area contributed by atoms with Gasteiger partial charge in [0.2, 0.25) is 0 Å². The first-order valence-electron chi connectivity index (χ1n) is 5.51. The highest BCUT2D eigenvalue weighted by Gasteiger charge is 2.20. The van der Waals surface area contributed by atoms with Crippen LogP contribution >= 0.6 is 15.9 Å². The number of para-hydroxylation sites is 1. The van der Waals surface area contributed by atoms with Crippen LogP contribution in [0.4, 0.5) is 4.39 Å². The number of hydrogen-bond acceptors (Lipinski definition) is 2. The lowest BCUT2D eigenvalue weighted by Crippen LogP contribution is -2.16. The van der Waals surface area contributed by atoms with Crippen LogP contribution < -0.4 is 10.1 Å². The van der Waals surface area contributed by atoms with Crippen molar-refractivity contribution in [1.82, 2.24) is 5.32 Å². The van der Waals surface area contributed by atoms with E-state index in [1.165, 1.54) is 12.8 Å².